The van der Waals surface area contributed by atoms with E-state index >= 15 is 0 Å². The predicted octanol–water partition coefficient (Wildman–Crippen LogP) is 4.92. The molecule has 2 aliphatic rings. The number of benzene rings is 1. The second-order valence-corrected chi connectivity index (χ2v) is 9.88. The molecule has 1 unspecified atom stereocenters. The van der Waals surface area contributed by atoms with Gasteiger partial charge in [-0.2, -0.15) is 0 Å². The largest absolute Gasteiger partial charge is 0.356 e. The smallest absolute Gasteiger partial charge is 0.226 e. The first-order chi connectivity index (χ1) is 14.9. The predicted molar refractivity (Wildman–Crippen MR) is 125 cm³/mol. The molecular weight excluding hydrogens is 386 g/mol. The van der Waals surface area contributed by atoms with Gasteiger partial charge in [-0.05, 0) is 55.6 Å². The normalized spacial score (nSPS) is 23.8. The summed E-state index contributed by atoms with van der Waals surface area (Å²) in [6, 6.07) is 8.62. The topological polar surface area (TPSA) is 56.4 Å². The van der Waals surface area contributed by atoms with Crippen LogP contribution in [0.15, 0.2) is 24.3 Å². The van der Waals surface area contributed by atoms with Gasteiger partial charge >= 0.3 is 0 Å². The fraction of sp³-hybridized carbons (Fsp3) is 0.615. The number of hydrogen-bond acceptors (Lipinski definition) is 2. The van der Waals surface area contributed by atoms with Crippen molar-refractivity contribution in [3.63, 3.8) is 0 Å². The second-order valence-electron chi connectivity index (χ2n) is 9.88. The molecule has 5 heteroatoms. The average Bonchev–Trinajstić information content (AvgIpc) is 3.16. The molecule has 1 aliphatic heterocycles. The highest BCUT2D eigenvalue weighted by molar-refractivity contribution is 5.86. The molecule has 31 heavy (non-hydrogen) atoms. The van der Waals surface area contributed by atoms with Crippen molar-refractivity contribution in [1.29, 1.82) is 0 Å². The minimum absolute atomic E-state index is 0.120. The summed E-state index contributed by atoms with van der Waals surface area (Å²) in [6.45, 7) is 8.00. The maximum Gasteiger partial charge on any atom is 0.226 e. The van der Waals surface area contributed by atoms with Crippen molar-refractivity contribution in [2.24, 2.45) is 17.8 Å². The highest BCUT2D eigenvalue weighted by Gasteiger charge is 2.38. The van der Waals surface area contributed by atoms with E-state index in [1.54, 1.807) is 0 Å². The van der Waals surface area contributed by atoms with Crippen LogP contribution in [-0.2, 0) is 16.0 Å². The third-order valence-electron chi connectivity index (χ3n) is 7.45. The lowest BCUT2D eigenvalue weighted by molar-refractivity contribution is -0.141. The lowest BCUT2D eigenvalue weighted by Gasteiger charge is -2.41. The fourth-order valence-corrected chi connectivity index (χ4v) is 5.80. The molecule has 0 spiro atoms. The number of para-hydroxylation sites is 1. The first kappa shape index (κ1) is 21.9. The Morgan fingerprint density at radius 3 is 2.55 bits per heavy atom. The first-order valence-corrected chi connectivity index (χ1v) is 12.0. The number of aromatic amines is 1. The maximum atomic E-state index is 13.6. The Morgan fingerprint density at radius 1 is 1.16 bits per heavy atom. The molecule has 2 aromatic rings. The number of hydrogen-bond donors (Lipinski definition) is 1. The molecule has 1 atom stereocenters. The first-order valence-electron chi connectivity index (χ1n) is 12.0. The number of H-pyrrole nitrogens is 1. The van der Waals surface area contributed by atoms with Gasteiger partial charge in [0, 0.05) is 49.1 Å². The van der Waals surface area contributed by atoms with E-state index in [1.165, 1.54) is 22.2 Å². The summed E-state index contributed by atoms with van der Waals surface area (Å²) < 4.78 is 0. The number of nitrogens with one attached hydrogen (secondary N) is 1. The molecule has 168 valence electrons. The Labute approximate surface area is 186 Å². The molecule has 2 amide bonds. The van der Waals surface area contributed by atoms with E-state index in [4.69, 9.17) is 0 Å². The number of amides is 2. The SMILES string of the molecule is CCC(=O)N(C)CC1CCC(C(=O)N2CCc3c([nH]c4ccccc34)C2C(C)C)CC1. The highest BCUT2D eigenvalue weighted by Crippen LogP contribution is 2.40. The van der Waals surface area contributed by atoms with Gasteiger partial charge in [-0.3, -0.25) is 9.59 Å². The van der Waals surface area contributed by atoms with Crippen molar-refractivity contribution in [2.45, 2.75) is 65.3 Å². The third kappa shape index (κ3) is 4.24. The van der Waals surface area contributed by atoms with Gasteiger partial charge in [0.25, 0.3) is 0 Å². The van der Waals surface area contributed by atoms with Gasteiger partial charge in [-0.25, -0.2) is 0 Å². The third-order valence-corrected chi connectivity index (χ3v) is 7.45. The van der Waals surface area contributed by atoms with Crippen molar-refractivity contribution in [3.05, 3.63) is 35.5 Å². The van der Waals surface area contributed by atoms with Gasteiger partial charge in [0.2, 0.25) is 11.8 Å². The summed E-state index contributed by atoms with van der Waals surface area (Å²) in [5.74, 6) is 1.55. The average molecular weight is 424 g/mol. The van der Waals surface area contributed by atoms with E-state index in [9.17, 15) is 9.59 Å². The van der Waals surface area contributed by atoms with Gasteiger partial charge in [0.05, 0.1) is 6.04 Å². The number of carbonyl (C=O) groups is 2. The zero-order valence-electron chi connectivity index (χ0n) is 19.5. The van der Waals surface area contributed by atoms with Crippen LogP contribution in [0.25, 0.3) is 10.9 Å². The molecule has 1 aliphatic carbocycles. The minimum Gasteiger partial charge on any atom is -0.356 e. The van der Waals surface area contributed by atoms with Crippen LogP contribution in [0.5, 0.6) is 0 Å². The Kier molecular flexibility index (Phi) is 6.40. The lowest BCUT2D eigenvalue weighted by atomic mass is 9.80. The summed E-state index contributed by atoms with van der Waals surface area (Å²) >= 11 is 0. The quantitative estimate of drug-likeness (QED) is 0.742. The van der Waals surface area contributed by atoms with Crippen LogP contribution in [0.4, 0.5) is 0 Å². The molecule has 0 bridgehead atoms. The van der Waals surface area contributed by atoms with E-state index in [-0.39, 0.29) is 17.9 Å². The maximum absolute atomic E-state index is 13.6. The van der Waals surface area contributed by atoms with E-state index in [2.05, 4.69) is 48.0 Å². The molecular formula is C26H37N3O2. The highest BCUT2D eigenvalue weighted by atomic mass is 16.2. The molecule has 0 radical (unpaired) electrons. The monoisotopic (exact) mass is 423 g/mol. The van der Waals surface area contributed by atoms with Crippen LogP contribution < -0.4 is 0 Å². The Bertz CT molecular complexity index is 939. The molecule has 2 heterocycles. The van der Waals surface area contributed by atoms with Crippen molar-refractivity contribution in [1.82, 2.24) is 14.8 Å². The number of nitrogens with zero attached hydrogens (tertiary/aromatic N) is 2. The van der Waals surface area contributed by atoms with Crippen LogP contribution in [-0.4, -0.2) is 46.7 Å². The summed E-state index contributed by atoms with van der Waals surface area (Å²) in [7, 11) is 1.90. The summed E-state index contributed by atoms with van der Waals surface area (Å²) in [5, 5.41) is 1.31. The molecule has 1 fully saturated rings. The van der Waals surface area contributed by atoms with Crippen LogP contribution >= 0.6 is 0 Å². The summed E-state index contributed by atoms with van der Waals surface area (Å²) in [5.41, 5.74) is 3.81. The van der Waals surface area contributed by atoms with Crippen molar-refractivity contribution in [3.8, 4) is 0 Å². The molecule has 1 aromatic heterocycles. The molecule has 4 rings (SSSR count). The van der Waals surface area contributed by atoms with E-state index in [0.29, 0.717) is 24.2 Å². The molecule has 0 saturated heterocycles. The zero-order valence-corrected chi connectivity index (χ0v) is 19.5. The van der Waals surface area contributed by atoms with Crippen LogP contribution in [0.1, 0.15) is 70.2 Å². The van der Waals surface area contributed by atoms with Gasteiger partial charge < -0.3 is 14.8 Å². The lowest BCUT2D eigenvalue weighted by Crippen LogP contribution is -2.46. The Balaban J connectivity index is 1.46. The number of carbonyl (C=O) groups excluding carboxylic acids is 2. The van der Waals surface area contributed by atoms with Crippen molar-refractivity contribution >= 4 is 22.7 Å². The number of rotatable bonds is 5. The number of aromatic nitrogens is 1. The molecule has 1 saturated carbocycles. The van der Waals surface area contributed by atoms with Gasteiger partial charge in [-0.1, -0.05) is 39.0 Å². The second kappa shape index (κ2) is 9.05. The zero-order chi connectivity index (χ0) is 22.1. The van der Waals surface area contributed by atoms with Crippen LogP contribution in [0.2, 0.25) is 0 Å². The Morgan fingerprint density at radius 2 is 1.87 bits per heavy atom. The molecule has 5 nitrogen and oxygen atoms in total. The number of fused-ring (bicyclic) bond motifs is 3. The van der Waals surface area contributed by atoms with Crippen molar-refractivity contribution in [2.75, 3.05) is 20.1 Å². The van der Waals surface area contributed by atoms with Crippen molar-refractivity contribution < 1.29 is 9.59 Å². The minimum atomic E-state index is 0.120. The standard InChI is InChI=1S/C26H37N3O2/c1-5-23(30)28(4)16-18-10-12-19(13-11-18)26(31)29-15-14-21-20-8-6-7-9-22(20)27-24(21)25(29)17(2)3/h6-9,17-19,25,27H,5,10-16H2,1-4H3. The summed E-state index contributed by atoms with van der Waals surface area (Å²) in [6.07, 6.45) is 5.45. The van der Waals surface area contributed by atoms with Gasteiger partial charge in [-0.15, -0.1) is 0 Å². The van der Waals surface area contributed by atoms with Gasteiger partial charge in [0.1, 0.15) is 0 Å². The molecule has 1 aromatic carbocycles. The summed E-state index contributed by atoms with van der Waals surface area (Å²) in [4.78, 5) is 33.2. The van der Waals surface area contributed by atoms with Gasteiger partial charge in [0.15, 0.2) is 0 Å². The van der Waals surface area contributed by atoms with E-state index < -0.39 is 0 Å². The van der Waals surface area contributed by atoms with Crippen LogP contribution in [0, 0.1) is 17.8 Å². The van der Waals surface area contributed by atoms with E-state index in [1.807, 2.05) is 18.9 Å². The van der Waals surface area contributed by atoms with E-state index in [0.717, 1.165) is 45.2 Å². The Hall–Kier alpha value is -2.30. The fourth-order valence-electron chi connectivity index (χ4n) is 5.80. The molecule has 1 N–H and O–H groups in total. The van der Waals surface area contributed by atoms with Crippen LogP contribution in [0.3, 0.4) is 0 Å².